The number of hydrogen-bond donors (Lipinski definition) is 2. The molecule has 2 aromatic rings. The van der Waals surface area contributed by atoms with Gasteiger partial charge in [-0.25, -0.2) is 8.42 Å². The predicted molar refractivity (Wildman–Crippen MR) is 67.8 cm³/mol. The van der Waals surface area contributed by atoms with Crippen LogP contribution in [0.2, 0.25) is 0 Å². The largest absolute Gasteiger partial charge is 0.391 e. The molecule has 0 saturated carbocycles. The number of aliphatic hydroxyl groups excluding tert-OH is 1. The van der Waals surface area contributed by atoms with E-state index in [-0.39, 0.29) is 17.3 Å². The van der Waals surface area contributed by atoms with Crippen LogP contribution >= 0.6 is 11.3 Å². The summed E-state index contributed by atoms with van der Waals surface area (Å²) in [6, 6.07) is 4.56. The topological polar surface area (TPSA) is 92.2 Å². The Kier molecular flexibility index (Phi) is 3.60. The molecule has 0 radical (unpaired) electrons. The van der Waals surface area contributed by atoms with Gasteiger partial charge in [0.15, 0.2) is 5.82 Å². The molecule has 18 heavy (non-hydrogen) atoms. The first-order valence-corrected chi connectivity index (χ1v) is 7.33. The summed E-state index contributed by atoms with van der Waals surface area (Å²) in [6.07, 6.45) is 1.46. The van der Waals surface area contributed by atoms with Gasteiger partial charge in [-0.2, -0.15) is 5.10 Å². The van der Waals surface area contributed by atoms with Crippen LogP contribution in [0.1, 0.15) is 9.75 Å². The van der Waals surface area contributed by atoms with Gasteiger partial charge in [-0.3, -0.25) is 4.72 Å². The van der Waals surface area contributed by atoms with Crippen LogP contribution in [-0.2, 0) is 16.6 Å². The highest BCUT2D eigenvalue weighted by Crippen LogP contribution is 2.26. The Hall–Kier alpha value is -1.51. The second-order valence-electron chi connectivity index (χ2n) is 3.51. The molecule has 96 valence electrons. The minimum atomic E-state index is -3.69. The minimum Gasteiger partial charge on any atom is -0.391 e. The zero-order chi connectivity index (χ0) is 13.2. The smallest absolute Gasteiger partial charge is 0.264 e. The van der Waals surface area contributed by atoms with Gasteiger partial charge in [0.25, 0.3) is 10.0 Å². The first-order valence-electron chi connectivity index (χ1n) is 5.03. The molecule has 0 bridgehead atoms. The summed E-state index contributed by atoms with van der Waals surface area (Å²) in [4.78, 5) is 1.38. The van der Waals surface area contributed by atoms with Gasteiger partial charge in [-0.1, -0.05) is 0 Å². The molecule has 0 fully saturated rings. The van der Waals surface area contributed by atoms with Gasteiger partial charge in [-0.05, 0) is 25.1 Å². The lowest BCUT2D eigenvalue weighted by Crippen LogP contribution is -2.14. The molecule has 8 heteroatoms. The van der Waals surface area contributed by atoms with Crippen LogP contribution in [-0.4, -0.2) is 23.7 Å². The van der Waals surface area contributed by atoms with Crippen molar-refractivity contribution in [3.05, 3.63) is 34.2 Å². The maximum absolute atomic E-state index is 12.1. The van der Waals surface area contributed by atoms with Crippen LogP contribution in [0, 0.1) is 6.92 Å². The second kappa shape index (κ2) is 5.01. The van der Waals surface area contributed by atoms with Gasteiger partial charge in [0.2, 0.25) is 0 Å². The number of sulfonamides is 1. The molecule has 0 aliphatic carbocycles. The number of hydrogen-bond acceptors (Lipinski definition) is 6. The van der Waals surface area contributed by atoms with Crippen LogP contribution in [0.25, 0.3) is 0 Å². The Bertz CT molecular complexity index is 638. The molecule has 0 aromatic carbocycles. The Morgan fingerprint density at radius 2 is 2.28 bits per heavy atom. The van der Waals surface area contributed by atoms with Gasteiger partial charge < -0.3 is 5.11 Å². The highest BCUT2D eigenvalue weighted by atomic mass is 32.2. The van der Waals surface area contributed by atoms with E-state index in [0.717, 1.165) is 0 Å². The third kappa shape index (κ3) is 2.66. The molecule has 0 spiro atoms. The number of aliphatic hydroxyl groups is 1. The van der Waals surface area contributed by atoms with Gasteiger partial charge in [0.1, 0.15) is 4.90 Å². The predicted octanol–water partition coefficient (Wildman–Crippen LogP) is 1.14. The summed E-state index contributed by atoms with van der Waals surface area (Å²) in [6.45, 7) is 1.52. The van der Waals surface area contributed by atoms with Gasteiger partial charge in [0.05, 0.1) is 6.61 Å². The van der Waals surface area contributed by atoms with Crippen molar-refractivity contribution in [1.82, 2.24) is 10.2 Å². The van der Waals surface area contributed by atoms with Gasteiger partial charge in [-0.15, -0.1) is 16.4 Å². The summed E-state index contributed by atoms with van der Waals surface area (Å²) in [5.41, 5.74) is 0. The standard InChI is InChI=1S/C10H11N3O3S2/c1-7-9(5-8(6-14)17-7)18(15,16)13-10-3-2-4-11-12-10/h2-5,14H,6H2,1H3,(H,12,13). The van der Waals surface area contributed by atoms with E-state index in [0.29, 0.717) is 9.75 Å². The average Bonchev–Trinajstić information content (AvgIpc) is 2.72. The lowest BCUT2D eigenvalue weighted by Gasteiger charge is -2.05. The fraction of sp³-hybridized carbons (Fsp3) is 0.200. The zero-order valence-corrected chi connectivity index (χ0v) is 11.1. The van der Waals surface area contributed by atoms with E-state index in [1.807, 2.05) is 0 Å². The van der Waals surface area contributed by atoms with Crippen molar-refractivity contribution in [1.29, 1.82) is 0 Å². The number of aryl methyl sites for hydroxylation is 1. The third-order valence-electron chi connectivity index (χ3n) is 2.18. The van der Waals surface area contributed by atoms with Crippen LogP contribution in [0.15, 0.2) is 29.3 Å². The third-order valence-corrected chi connectivity index (χ3v) is 4.83. The summed E-state index contributed by atoms with van der Waals surface area (Å²) in [5, 5.41) is 16.3. The molecule has 2 N–H and O–H groups in total. The number of aromatic nitrogens is 2. The van der Waals surface area contributed by atoms with E-state index >= 15 is 0 Å². The number of nitrogens with zero attached hydrogens (tertiary/aromatic N) is 2. The van der Waals surface area contributed by atoms with Crippen molar-refractivity contribution in [3.63, 3.8) is 0 Å². The zero-order valence-electron chi connectivity index (χ0n) is 9.49. The van der Waals surface area contributed by atoms with Crippen molar-refractivity contribution in [2.45, 2.75) is 18.4 Å². The Balaban J connectivity index is 2.34. The molecule has 2 rings (SSSR count). The first-order chi connectivity index (χ1) is 8.53. The van der Waals surface area contributed by atoms with E-state index in [9.17, 15) is 8.42 Å². The summed E-state index contributed by atoms with van der Waals surface area (Å²) in [7, 11) is -3.69. The first kappa shape index (κ1) is 12.9. The van der Waals surface area contributed by atoms with Crippen molar-refractivity contribution in [2.75, 3.05) is 4.72 Å². The molecule has 0 atom stereocenters. The molecule has 2 aromatic heterocycles. The number of nitrogens with one attached hydrogen (secondary N) is 1. The van der Waals surface area contributed by atoms with E-state index in [1.165, 1.54) is 29.7 Å². The molecule has 2 heterocycles. The fourth-order valence-electron chi connectivity index (χ4n) is 1.42. The fourth-order valence-corrected chi connectivity index (χ4v) is 3.91. The van der Waals surface area contributed by atoms with Crippen LogP contribution < -0.4 is 4.72 Å². The quantitative estimate of drug-likeness (QED) is 0.878. The molecule has 0 unspecified atom stereocenters. The number of rotatable bonds is 4. The van der Waals surface area contributed by atoms with Crippen LogP contribution in [0.5, 0.6) is 0 Å². The Labute approximate surface area is 108 Å². The molecule has 0 saturated heterocycles. The minimum absolute atomic E-state index is 0.155. The Morgan fingerprint density at radius 3 is 2.83 bits per heavy atom. The molecule has 0 aliphatic rings. The summed E-state index contributed by atoms with van der Waals surface area (Å²) >= 11 is 1.25. The van der Waals surface area contributed by atoms with E-state index < -0.39 is 10.0 Å². The molecule has 6 nitrogen and oxygen atoms in total. The monoisotopic (exact) mass is 285 g/mol. The lowest BCUT2D eigenvalue weighted by atomic mass is 10.4. The molecular weight excluding hydrogens is 274 g/mol. The van der Waals surface area contributed by atoms with Gasteiger partial charge in [0, 0.05) is 16.0 Å². The van der Waals surface area contributed by atoms with E-state index in [4.69, 9.17) is 5.11 Å². The highest BCUT2D eigenvalue weighted by Gasteiger charge is 2.20. The SMILES string of the molecule is Cc1sc(CO)cc1S(=O)(=O)Nc1cccnn1. The average molecular weight is 285 g/mol. The summed E-state index contributed by atoms with van der Waals surface area (Å²) < 4.78 is 26.5. The van der Waals surface area contributed by atoms with E-state index in [2.05, 4.69) is 14.9 Å². The van der Waals surface area contributed by atoms with E-state index in [1.54, 1.807) is 13.0 Å². The van der Waals surface area contributed by atoms with Crippen molar-refractivity contribution >= 4 is 27.2 Å². The van der Waals surface area contributed by atoms with Crippen LogP contribution in [0.3, 0.4) is 0 Å². The second-order valence-corrected chi connectivity index (χ2v) is 6.50. The number of anilines is 1. The lowest BCUT2D eigenvalue weighted by molar-refractivity contribution is 0.285. The van der Waals surface area contributed by atoms with Gasteiger partial charge >= 0.3 is 0 Å². The van der Waals surface area contributed by atoms with Crippen molar-refractivity contribution < 1.29 is 13.5 Å². The molecular formula is C10H11N3O3S2. The number of thiophene rings is 1. The molecule has 0 amide bonds. The maximum Gasteiger partial charge on any atom is 0.264 e. The summed E-state index contributed by atoms with van der Waals surface area (Å²) in [5.74, 6) is 0.161. The molecule has 0 aliphatic heterocycles. The van der Waals surface area contributed by atoms with Crippen LogP contribution in [0.4, 0.5) is 5.82 Å². The Morgan fingerprint density at radius 1 is 1.50 bits per heavy atom. The normalized spacial score (nSPS) is 11.4. The maximum atomic E-state index is 12.1. The highest BCUT2D eigenvalue weighted by molar-refractivity contribution is 7.93. The van der Waals surface area contributed by atoms with Crippen molar-refractivity contribution in [3.8, 4) is 0 Å². The van der Waals surface area contributed by atoms with Crippen molar-refractivity contribution in [2.24, 2.45) is 0 Å².